The number of carbonyl (C=O) groups excluding carboxylic acids is 2. The van der Waals surface area contributed by atoms with E-state index in [0.717, 1.165) is 0 Å². The number of hydrogen-bond donors (Lipinski definition) is 2. The average molecular weight is 338 g/mol. The molecule has 2 aliphatic rings. The van der Waals surface area contributed by atoms with E-state index < -0.39 is 0 Å². The number of nitriles is 1. The molecule has 1 aromatic carbocycles. The number of aliphatic hydroxyl groups is 2. The van der Waals surface area contributed by atoms with Gasteiger partial charge in [-0.15, -0.1) is 0 Å². The van der Waals surface area contributed by atoms with Crippen LogP contribution in [-0.2, 0) is 9.59 Å². The number of benzene rings is 1. The molecule has 2 N–H and O–H groups in total. The van der Waals surface area contributed by atoms with E-state index in [4.69, 9.17) is 5.26 Å². The Morgan fingerprint density at radius 1 is 0.920 bits per heavy atom. The Labute approximate surface area is 145 Å². The third kappa shape index (κ3) is 3.13. The maximum atomic E-state index is 12.5. The Morgan fingerprint density at radius 2 is 1.48 bits per heavy atom. The van der Waals surface area contributed by atoms with Crippen molar-refractivity contribution in [3.8, 4) is 6.07 Å². The number of Topliss-reactive ketones (excluding diaryl/α,β-unsaturated/α-hetero) is 2. The number of aliphatic hydroxyl groups excluding tert-OH is 2. The summed E-state index contributed by atoms with van der Waals surface area (Å²) in [5.41, 5.74) is 0.776. The van der Waals surface area contributed by atoms with Gasteiger partial charge in [-0.05, 0) is 31.0 Å². The highest BCUT2D eigenvalue weighted by Gasteiger charge is 2.34. The summed E-state index contributed by atoms with van der Waals surface area (Å²) in [5, 5.41) is 29.8. The van der Waals surface area contributed by atoms with E-state index in [1.165, 1.54) is 11.0 Å². The van der Waals surface area contributed by atoms with Crippen molar-refractivity contribution in [1.29, 1.82) is 5.26 Å². The molecule has 0 radical (unpaired) electrons. The molecule has 2 aliphatic carbocycles. The topological polar surface area (TPSA) is 102 Å². The molecule has 0 aromatic heterocycles. The Balaban J connectivity index is 2.24. The lowest BCUT2D eigenvalue weighted by Crippen LogP contribution is -2.35. The van der Waals surface area contributed by atoms with Crippen molar-refractivity contribution < 1.29 is 19.8 Å². The maximum Gasteiger partial charge on any atom is 0.183 e. The van der Waals surface area contributed by atoms with E-state index in [9.17, 15) is 19.8 Å². The molecule has 0 saturated carbocycles. The molecule has 6 nitrogen and oxygen atoms in total. The quantitative estimate of drug-likeness (QED) is 0.875. The highest BCUT2D eigenvalue weighted by Crippen LogP contribution is 2.35. The van der Waals surface area contributed by atoms with Crippen molar-refractivity contribution >= 4 is 17.3 Å². The van der Waals surface area contributed by atoms with Crippen LogP contribution in [0.2, 0.25) is 0 Å². The fraction of sp³-hybridized carbons (Fsp3) is 0.316. The molecule has 0 atom stereocenters. The molecule has 3 rings (SSSR count). The monoisotopic (exact) mass is 338 g/mol. The molecule has 25 heavy (non-hydrogen) atoms. The number of nitrogens with zero attached hydrogens (tertiary/aromatic N) is 2. The molecule has 0 aliphatic heterocycles. The molecular formula is C19H18N2O4. The first kappa shape index (κ1) is 16.8. The molecule has 6 heteroatoms. The summed E-state index contributed by atoms with van der Waals surface area (Å²) in [7, 11) is 0. The SMILES string of the molecule is N#Cc1cccc(N(C2=C(O)CCCC2=O)C2=C(O)CCCC2=O)c1. The molecule has 0 heterocycles. The third-order valence-electron chi connectivity index (χ3n) is 4.39. The van der Waals surface area contributed by atoms with Crippen LogP contribution < -0.4 is 4.90 Å². The van der Waals surface area contributed by atoms with Gasteiger partial charge >= 0.3 is 0 Å². The van der Waals surface area contributed by atoms with Crippen molar-refractivity contribution in [1.82, 2.24) is 0 Å². The van der Waals surface area contributed by atoms with Crippen molar-refractivity contribution in [2.24, 2.45) is 0 Å². The van der Waals surface area contributed by atoms with Gasteiger partial charge in [0.1, 0.15) is 22.9 Å². The lowest BCUT2D eigenvalue weighted by Gasteiger charge is -2.32. The van der Waals surface area contributed by atoms with Crippen LogP contribution in [0.25, 0.3) is 0 Å². The maximum absolute atomic E-state index is 12.5. The highest BCUT2D eigenvalue weighted by atomic mass is 16.3. The number of ketones is 2. The summed E-state index contributed by atoms with van der Waals surface area (Å²) in [6.07, 6.45) is 2.26. The number of anilines is 1. The van der Waals surface area contributed by atoms with Gasteiger partial charge in [0.05, 0.1) is 11.6 Å². The minimum Gasteiger partial charge on any atom is -0.510 e. The van der Waals surface area contributed by atoms with E-state index >= 15 is 0 Å². The van der Waals surface area contributed by atoms with Crippen molar-refractivity contribution in [2.45, 2.75) is 38.5 Å². The lowest BCUT2D eigenvalue weighted by atomic mass is 9.95. The second-order valence-corrected chi connectivity index (χ2v) is 6.14. The number of hydrogen-bond acceptors (Lipinski definition) is 6. The van der Waals surface area contributed by atoms with Crippen LogP contribution in [0.5, 0.6) is 0 Å². The minimum absolute atomic E-state index is 0.0122. The first-order chi connectivity index (χ1) is 12.0. The Hall–Kier alpha value is -3.07. The van der Waals surface area contributed by atoms with Crippen LogP contribution in [0.15, 0.2) is 47.2 Å². The van der Waals surface area contributed by atoms with Gasteiger partial charge in [0.2, 0.25) is 0 Å². The lowest BCUT2D eigenvalue weighted by molar-refractivity contribution is -0.116. The van der Waals surface area contributed by atoms with Crippen LogP contribution >= 0.6 is 0 Å². The zero-order valence-corrected chi connectivity index (χ0v) is 13.7. The molecule has 0 unspecified atom stereocenters. The minimum atomic E-state index is -0.287. The molecule has 0 saturated heterocycles. The van der Waals surface area contributed by atoms with E-state index in [2.05, 4.69) is 0 Å². The molecule has 0 spiro atoms. The zero-order chi connectivity index (χ0) is 18.0. The average Bonchev–Trinajstić information content (AvgIpc) is 2.60. The van der Waals surface area contributed by atoms with Gasteiger partial charge in [0, 0.05) is 31.4 Å². The summed E-state index contributed by atoms with van der Waals surface area (Å²) in [5.74, 6) is -0.774. The third-order valence-corrected chi connectivity index (χ3v) is 4.39. The number of carbonyl (C=O) groups is 2. The predicted octanol–water partition coefficient (Wildman–Crippen LogP) is 3.41. The molecule has 1 aromatic rings. The normalized spacial score (nSPS) is 18.4. The standard InChI is InChI=1S/C19H18N2O4/c20-11-12-4-1-5-13(10-12)21(18-14(22)6-2-7-15(18)23)19-16(24)8-3-9-17(19)25/h1,4-5,10,22,24H,2-3,6-9H2. The number of allylic oxidation sites excluding steroid dienone is 4. The van der Waals surface area contributed by atoms with Gasteiger partial charge in [-0.25, -0.2) is 0 Å². The van der Waals surface area contributed by atoms with Gasteiger partial charge < -0.3 is 10.2 Å². The van der Waals surface area contributed by atoms with Gasteiger partial charge in [-0.2, -0.15) is 5.26 Å². The predicted molar refractivity (Wildman–Crippen MR) is 90.7 cm³/mol. The van der Waals surface area contributed by atoms with Crippen LogP contribution in [-0.4, -0.2) is 21.8 Å². The molecule has 0 bridgehead atoms. The van der Waals surface area contributed by atoms with E-state index in [-0.39, 0.29) is 47.3 Å². The van der Waals surface area contributed by atoms with Crippen LogP contribution in [0.4, 0.5) is 5.69 Å². The fourth-order valence-electron chi connectivity index (χ4n) is 3.22. The summed E-state index contributed by atoms with van der Waals surface area (Å²) in [4.78, 5) is 26.3. The zero-order valence-electron chi connectivity index (χ0n) is 13.7. The van der Waals surface area contributed by atoms with Gasteiger partial charge in [-0.3, -0.25) is 14.5 Å². The Morgan fingerprint density at radius 3 is 1.96 bits per heavy atom. The van der Waals surface area contributed by atoms with Crippen LogP contribution in [0, 0.1) is 11.3 Å². The molecule has 128 valence electrons. The summed E-state index contributed by atoms with van der Waals surface area (Å²) < 4.78 is 0. The van der Waals surface area contributed by atoms with E-state index in [1.54, 1.807) is 18.2 Å². The largest absolute Gasteiger partial charge is 0.510 e. The van der Waals surface area contributed by atoms with Gasteiger partial charge in [0.15, 0.2) is 11.6 Å². The second-order valence-electron chi connectivity index (χ2n) is 6.14. The summed E-state index contributed by atoms with van der Waals surface area (Å²) >= 11 is 0. The van der Waals surface area contributed by atoms with E-state index in [0.29, 0.717) is 36.9 Å². The molecular weight excluding hydrogens is 320 g/mol. The van der Waals surface area contributed by atoms with Crippen LogP contribution in [0.1, 0.15) is 44.1 Å². The summed E-state index contributed by atoms with van der Waals surface area (Å²) in [6.45, 7) is 0. The van der Waals surface area contributed by atoms with Gasteiger partial charge in [-0.1, -0.05) is 6.07 Å². The molecule has 0 amide bonds. The van der Waals surface area contributed by atoms with Crippen molar-refractivity contribution in [3.05, 3.63) is 52.7 Å². The Kier molecular flexibility index (Phi) is 4.57. The highest BCUT2D eigenvalue weighted by molar-refractivity contribution is 6.07. The Bertz CT molecular complexity index is 803. The van der Waals surface area contributed by atoms with Gasteiger partial charge in [0.25, 0.3) is 0 Å². The molecule has 0 fully saturated rings. The number of rotatable bonds is 3. The second kappa shape index (κ2) is 6.81. The van der Waals surface area contributed by atoms with Crippen molar-refractivity contribution in [3.63, 3.8) is 0 Å². The summed E-state index contributed by atoms with van der Waals surface area (Å²) in [6, 6.07) is 8.44. The first-order valence-corrected chi connectivity index (χ1v) is 8.24. The van der Waals surface area contributed by atoms with E-state index in [1.807, 2.05) is 6.07 Å². The fourth-order valence-corrected chi connectivity index (χ4v) is 3.22. The van der Waals surface area contributed by atoms with Crippen molar-refractivity contribution in [2.75, 3.05) is 4.90 Å². The van der Waals surface area contributed by atoms with Crippen LogP contribution in [0.3, 0.4) is 0 Å². The smallest absolute Gasteiger partial charge is 0.183 e. The first-order valence-electron chi connectivity index (χ1n) is 8.24.